The summed E-state index contributed by atoms with van der Waals surface area (Å²) in [7, 11) is 0. The highest BCUT2D eigenvalue weighted by molar-refractivity contribution is 6.01. The van der Waals surface area contributed by atoms with Crippen molar-refractivity contribution in [1.82, 2.24) is 15.6 Å². The Morgan fingerprint density at radius 3 is 2.74 bits per heavy atom. The van der Waals surface area contributed by atoms with E-state index < -0.39 is 42.9 Å². The topological polar surface area (TPSA) is 91.4 Å². The quantitative estimate of drug-likeness (QED) is 0.738. The first kappa shape index (κ1) is 22.8. The van der Waals surface area contributed by atoms with Crippen LogP contribution in [0.25, 0.3) is 0 Å². The fourth-order valence-electron chi connectivity index (χ4n) is 3.78. The van der Waals surface area contributed by atoms with Gasteiger partial charge < -0.3 is 15.5 Å². The van der Waals surface area contributed by atoms with E-state index in [1.165, 1.54) is 13.0 Å². The van der Waals surface area contributed by atoms with Gasteiger partial charge in [-0.1, -0.05) is 19.9 Å². The molecule has 0 aliphatic carbocycles. The molecule has 1 aromatic heterocycles. The lowest BCUT2D eigenvalue weighted by Crippen LogP contribution is -2.47. The maximum absolute atomic E-state index is 13.0. The van der Waals surface area contributed by atoms with E-state index in [1.54, 1.807) is 18.3 Å². The molecular formula is C21H25F3N4O3. The predicted octanol–water partition coefficient (Wildman–Crippen LogP) is 2.79. The molecule has 2 amide bonds. The average Bonchev–Trinajstić information content (AvgIpc) is 2.91. The zero-order chi connectivity index (χ0) is 23.0. The number of ketones is 1. The molecule has 1 unspecified atom stereocenters. The van der Waals surface area contributed by atoms with Gasteiger partial charge in [0.25, 0.3) is 0 Å². The van der Waals surface area contributed by atoms with Gasteiger partial charge in [-0.3, -0.25) is 14.4 Å². The third kappa shape index (κ3) is 5.05. The molecule has 31 heavy (non-hydrogen) atoms. The number of nitrogens with one attached hydrogen (secondary N) is 2. The van der Waals surface area contributed by atoms with Crippen molar-refractivity contribution in [2.24, 2.45) is 5.41 Å². The number of fused-ring (bicyclic) bond motifs is 3. The molecule has 2 aliphatic rings. The Balaban J connectivity index is 1.77. The Kier molecular flexibility index (Phi) is 6.11. The summed E-state index contributed by atoms with van der Waals surface area (Å²) in [6.45, 7) is 6.10. The number of amides is 2. The smallest absolute Gasteiger partial charge is 0.345 e. The molecule has 2 aliphatic heterocycles. The van der Waals surface area contributed by atoms with Crippen molar-refractivity contribution < 1.29 is 27.6 Å². The summed E-state index contributed by atoms with van der Waals surface area (Å²) in [5.41, 5.74) is 1.12. The summed E-state index contributed by atoms with van der Waals surface area (Å²) >= 11 is 0. The van der Waals surface area contributed by atoms with Crippen molar-refractivity contribution in [3.05, 3.63) is 35.7 Å². The molecular weight excluding hydrogens is 413 g/mol. The van der Waals surface area contributed by atoms with Gasteiger partial charge in [0.2, 0.25) is 11.8 Å². The normalized spacial score (nSPS) is 20.8. The molecule has 0 aromatic carbocycles. The largest absolute Gasteiger partial charge is 0.389 e. The molecule has 3 heterocycles. The van der Waals surface area contributed by atoms with Crippen molar-refractivity contribution in [1.29, 1.82) is 0 Å². The van der Waals surface area contributed by atoms with Gasteiger partial charge in [-0.05, 0) is 19.4 Å². The van der Waals surface area contributed by atoms with Gasteiger partial charge in [0.05, 0.1) is 6.42 Å². The standard InChI is InChI=1S/C21H25F3N4O3/c1-12(26-16(30)6-7-21(22,23)24)19(31)27-17-13-5-4-9-25-18(13)28-10-8-20(2,3)15(28)11-14(17)29/h4-5,9,11-12,17H,6-8,10H2,1-3H3,(H,26,30)(H,27,31)/t12?,17-/m1/s1. The number of hydrogen-bond donors (Lipinski definition) is 2. The van der Waals surface area contributed by atoms with Crippen molar-refractivity contribution in [3.8, 4) is 0 Å². The number of alkyl halides is 3. The maximum Gasteiger partial charge on any atom is 0.389 e. The Morgan fingerprint density at radius 2 is 2.06 bits per heavy atom. The van der Waals surface area contributed by atoms with Crippen LogP contribution in [0.4, 0.5) is 19.0 Å². The maximum atomic E-state index is 13.0. The minimum absolute atomic E-state index is 0.233. The minimum Gasteiger partial charge on any atom is -0.345 e. The summed E-state index contributed by atoms with van der Waals surface area (Å²) in [5.74, 6) is -1.31. The van der Waals surface area contributed by atoms with E-state index in [9.17, 15) is 27.6 Å². The molecule has 0 radical (unpaired) electrons. The molecule has 0 saturated carbocycles. The third-order valence-electron chi connectivity index (χ3n) is 5.58. The van der Waals surface area contributed by atoms with Crippen LogP contribution in [0, 0.1) is 5.41 Å². The number of halogens is 3. The van der Waals surface area contributed by atoms with Crippen molar-refractivity contribution in [2.45, 2.75) is 58.3 Å². The Labute approximate surface area is 178 Å². The fraction of sp³-hybridized carbons (Fsp3) is 0.524. The van der Waals surface area contributed by atoms with Crippen molar-refractivity contribution in [2.75, 3.05) is 11.4 Å². The molecule has 10 heteroatoms. The highest BCUT2D eigenvalue weighted by Crippen LogP contribution is 2.45. The minimum atomic E-state index is -4.46. The third-order valence-corrected chi connectivity index (χ3v) is 5.58. The lowest BCUT2D eigenvalue weighted by molar-refractivity contribution is -0.144. The van der Waals surface area contributed by atoms with Crippen LogP contribution in [0.5, 0.6) is 0 Å². The summed E-state index contributed by atoms with van der Waals surface area (Å²) in [6, 6.07) is 1.25. The van der Waals surface area contributed by atoms with E-state index in [4.69, 9.17) is 0 Å². The average molecular weight is 438 g/mol. The first-order valence-electron chi connectivity index (χ1n) is 10.0. The highest BCUT2D eigenvalue weighted by atomic mass is 19.4. The SMILES string of the molecule is CC(NC(=O)CCC(F)(F)F)C(=O)N[C@H]1C(=O)C=C2N(CCC2(C)C)c2ncccc21. The molecule has 168 valence electrons. The Hall–Kier alpha value is -2.91. The monoisotopic (exact) mass is 438 g/mol. The van der Waals surface area contributed by atoms with E-state index in [2.05, 4.69) is 15.6 Å². The highest BCUT2D eigenvalue weighted by Gasteiger charge is 2.41. The second kappa shape index (κ2) is 8.32. The number of carbonyl (C=O) groups is 3. The van der Waals surface area contributed by atoms with E-state index in [0.717, 1.165) is 12.1 Å². The van der Waals surface area contributed by atoms with E-state index >= 15 is 0 Å². The van der Waals surface area contributed by atoms with Crippen molar-refractivity contribution in [3.63, 3.8) is 0 Å². The van der Waals surface area contributed by atoms with Gasteiger partial charge in [0.15, 0.2) is 5.78 Å². The second-order valence-corrected chi connectivity index (χ2v) is 8.48. The zero-order valence-corrected chi connectivity index (χ0v) is 17.5. The molecule has 1 fully saturated rings. The van der Waals surface area contributed by atoms with Crippen LogP contribution in [0.15, 0.2) is 30.1 Å². The first-order chi connectivity index (χ1) is 14.4. The summed E-state index contributed by atoms with van der Waals surface area (Å²) in [5, 5.41) is 4.87. The number of pyridine rings is 1. The van der Waals surface area contributed by atoms with Crippen LogP contribution in [-0.2, 0) is 14.4 Å². The van der Waals surface area contributed by atoms with Gasteiger partial charge in [0.1, 0.15) is 17.9 Å². The second-order valence-electron chi connectivity index (χ2n) is 8.48. The number of allylic oxidation sites excluding steroid dienone is 1. The van der Waals surface area contributed by atoms with E-state index in [0.29, 0.717) is 17.9 Å². The molecule has 0 bridgehead atoms. The van der Waals surface area contributed by atoms with Gasteiger partial charge in [0, 0.05) is 41.9 Å². The summed E-state index contributed by atoms with van der Waals surface area (Å²) < 4.78 is 36.8. The first-order valence-corrected chi connectivity index (χ1v) is 10.0. The van der Waals surface area contributed by atoms with Gasteiger partial charge in [-0.25, -0.2) is 4.98 Å². The lowest BCUT2D eigenvalue weighted by atomic mass is 9.88. The number of nitrogens with zero attached hydrogens (tertiary/aromatic N) is 2. The van der Waals surface area contributed by atoms with Crippen LogP contribution in [0.1, 0.15) is 51.6 Å². The number of anilines is 1. The molecule has 7 nitrogen and oxygen atoms in total. The summed E-state index contributed by atoms with van der Waals surface area (Å²) in [4.78, 5) is 43.8. The lowest BCUT2D eigenvalue weighted by Gasteiger charge is -2.25. The van der Waals surface area contributed by atoms with Crippen LogP contribution in [0.3, 0.4) is 0 Å². The molecule has 3 rings (SSSR count). The van der Waals surface area contributed by atoms with Crippen LogP contribution in [-0.4, -0.2) is 41.3 Å². The fourth-order valence-corrected chi connectivity index (χ4v) is 3.78. The predicted molar refractivity (Wildman–Crippen MR) is 107 cm³/mol. The number of rotatable bonds is 5. The Bertz CT molecular complexity index is 927. The number of hydrogen-bond acceptors (Lipinski definition) is 5. The molecule has 2 N–H and O–H groups in total. The zero-order valence-electron chi connectivity index (χ0n) is 17.5. The van der Waals surface area contributed by atoms with Crippen molar-refractivity contribution >= 4 is 23.4 Å². The van der Waals surface area contributed by atoms with E-state index in [-0.39, 0.29) is 11.2 Å². The van der Waals surface area contributed by atoms with Gasteiger partial charge >= 0.3 is 6.18 Å². The van der Waals surface area contributed by atoms with Gasteiger partial charge in [-0.2, -0.15) is 13.2 Å². The van der Waals surface area contributed by atoms with Crippen LogP contribution >= 0.6 is 0 Å². The summed E-state index contributed by atoms with van der Waals surface area (Å²) in [6.07, 6.45) is -2.52. The molecule has 0 spiro atoms. The Morgan fingerprint density at radius 1 is 1.35 bits per heavy atom. The number of carbonyl (C=O) groups excluding carboxylic acids is 3. The molecule has 1 saturated heterocycles. The van der Waals surface area contributed by atoms with Crippen LogP contribution in [0.2, 0.25) is 0 Å². The van der Waals surface area contributed by atoms with Crippen LogP contribution < -0.4 is 15.5 Å². The molecule has 2 atom stereocenters. The number of aromatic nitrogens is 1. The van der Waals surface area contributed by atoms with E-state index in [1.807, 2.05) is 18.7 Å². The van der Waals surface area contributed by atoms with Gasteiger partial charge in [-0.15, -0.1) is 0 Å². The molecule has 1 aromatic rings.